The monoisotopic (exact) mass is 280 g/mol. The van der Waals surface area contributed by atoms with E-state index in [1.54, 1.807) is 18.2 Å². The van der Waals surface area contributed by atoms with Crippen molar-refractivity contribution in [1.29, 1.82) is 0 Å². The van der Waals surface area contributed by atoms with Crippen LogP contribution in [0.4, 0.5) is 4.39 Å². The lowest BCUT2D eigenvalue weighted by Crippen LogP contribution is -2.03. The van der Waals surface area contributed by atoms with Gasteiger partial charge >= 0.3 is 0 Å². The summed E-state index contributed by atoms with van der Waals surface area (Å²) in [6.07, 6.45) is 0. The molecular weight excluding hydrogens is 267 g/mol. The van der Waals surface area contributed by atoms with Crippen molar-refractivity contribution in [3.63, 3.8) is 0 Å². The maximum atomic E-state index is 13.4. The van der Waals surface area contributed by atoms with E-state index < -0.39 is 0 Å². The lowest BCUT2D eigenvalue weighted by molar-refractivity contribution is 0.286. The second-order valence-corrected chi connectivity index (χ2v) is 4.81. The Morgan fingerprint density at radius 3 is 2.68 bits per heavy atom. The molecule has 0 spiro atoms. The third-order valence-corrected chi connectivity index (χ3v) is 2.73. The van der Waals surface area contributed by atoms with Gasteiger partial charge in [-0.05, 0) is 6.07 Å². The fraction of sp³-hybridized carbons (Fsp3) is 0.286. The van der Waals surface area contributed by atoms with Crippen molar-refractivity contribution < 1.29 is 9.13 Å². The minimum Gasteiger partial charge on any atom is -0.473 e. The Balaban J connectivity index is 2.14. The van der Waals surface area contributed by atoms with Crippen molar-refractivity contribution in [1.82, 2.24) is 9.97 Å². The van der Waals surface area contributed by atoms with Crippen molar-refractivity contribution in [3.8, 4) is 5.88 Å². The SMILES string of the molecule is CC(C)c1nc(Cl)cc(OCc2ccccc2F)n1. The average molecular weight is 281 g/mol. The fourth-order valence-corrected chi connectivity index (χ4v) is 1.69. The normalized spacial score (nSPS) is 10.8. The quantitative estimate of drug-likeness (QED) is 0.795. The van der Waals surface area contributed by atoms with E-state index in [0.717, 1.165) is 0 Å². The highest BCUT2D eigenvalue weighted by molar-refractivity contribution is 6.29. The molecular formula is C14H14ClFN2O. The lowest BCUT2D eigenvalue weighted by Gasteiger charge is -2.09. The van der Waals surface area contributed by atoms with E-state index in [0.29, 0.717) is 22.4 Å². The first-order valence-electron chi connectivity index (χ1n) is 5.97. The number of ether oxygens (including phenoxy) is 1. The second kappa shape index (κ2) is 5.97. The van der Waals surface area contributed by atoms with Crippen LogP contribution >= 0.6 is 11.6 Å². The van der Waals surface area contributed by atoms with E-state index in [9.17, 15) is 4.39 Å². The number of halogens is 2. The Kier molecular flexibility index (Phi) is 4.32. The molecule has 2 aromatic rings. The molecule has 0 radical (unpaired) electrons. The van der Waals surface area contributed by atoms with Gasteiger partial charge in [0.25, 0.3) is 0 Å². The van der Waals surface area contributed by atoms with Gasteiger partial charge in [0, 0.05) is 17.5 Å². The van der Waals surface area contributed by atoms with Crippen LogP contribution in [0.1, 0.15) is 31.2 Å². The predicted molar refractivity (Wildman–Crippen MR) is 71.9 cm³/mol. The van der Waals surface area contributed by atoms with Crippen LogP contribution in [0.25, 0.3) is 0 Å². The minimum absolute atomic E-state index is 0.109. The van der Waals surface area contributed by atoms with Gasteiger partial charge in [0.15, 0.2) is 0 Å². The molecule has 5 heteroatoms. The molecule has 0 bridgehead atoms. The second-order valence-electron chi connectivity index (χ2n) is 4.42. The molecule has 0 fully saturated rings. The molecule has 1 heterocycles. The van der Waals surface area contributed by atoms with Crippen molar-refractivity contribution in [2.75, 3.05) is 0 Å². The van der Waals surface area contributed by atoms with Crippen LogP contribution < -0.4 is 4.74 Å². The highest BCUT2D eigenvalue weighted by Gasteiger charge is 2.09. The predicted octanol–water partition coefficient (Wildman–Crippen LogP) is 3.97. The van der Waals surface area contributed by atoms with Crippen LogP contribution in [0.3, 0.4) is 0 Å². The van der Waals surface area contributed by atoms with Crippen LogP contribution in [0.15, 0.2) is 30.3 Å². The van der Waals surface area contributed by atoms with E-state index in [1.807, 2.05) is 13.8 Å². The third-order valence-electron chi connectivity index (χ3n) is 2.54. The molecule has 100 valence electrons. The molecule has 0 aliphatic heterocycles. The highest BCUT2D eigenvalue weighted by Crippen LogP contribution is 2.19. The molecule has 0 saturated carbocycles. The highest BCUT2D eigenvalue weighted by atomic mass is 35.5. The standard InChI is InChI=1S/C14H14ClFN2O/c1-9(2)14-17-12(15)7-13(18-14)19-8-10-5-3-4-6-11(10)16/h3-7,9H,8H2,1-2H3. The molecule has 0 atom stereocenters. The summed E-state index contributed by atoms with van der Waals surface area (Å²) < 4.78 is 18.9. The summed E-state index contributed by atoms with van der Waals surface area (Å²) in [5.74, 6) is 0.809. The van der Waals surface area contributed by atoms with E-state index >= 15 is 0 Å². The summed E-state index contributed by atoms with van der Waals surface area (Å²) >= 11 is 5.90. The van der Waals surface area contributed by atoms with Crippen molar-refractivity contribution in [2.45, 2.75) is 26.4 Å². The van der Waals surface area contributed by atoms with Gasteiger partial charge in [-0.3, -0.25) is 0 Å². The Hall–Kier alpha value is -1.68. The number of benzene rings is 1. The first-order chi connectivity index (χ1) is 9.06. The first kappa shape index (κ1) is 13.7. The molecule has 0 amide bonds. The van der Waals surface area contributed by atoms with E-state index in [1.165, 1.54) is 12.1 Å². The van der Waals surface area contributed by atoms with Gasteiger partial charge < -0.3 is 4.74 Å². The van der Waals surface area contributed by atoms with Gasteiger partial charge in [0.2, 0.25) is 5.88 Å². The van der Waals surface area contributed by atoms with Gasteiger partial charge in [0.1, 0.15) is 23.4 Å². The number of rotatable bonds is 4. The topological polar surface area (TPSA) is 35.0 Å². The maximum Gasteiger partial charge on any atom is 0.218 e. The Bertz CT molecular complexity index is 575. The Morgan fingerprint density at radius 2 is 2.00 bits per heavy atom. The minimum atomic E-state index is -0.299. The molecule has 0 saturated heterocycles. The summed E-state index contributed by atoms with van der Waals surface area (Å²) in [4.78, 5) is 8.34. The molecule has 0 aliphatic rings. The summed E-state index contributed by atoms with van der Waals surface area (Å²) in [5, 5.41) is 0.322. The van der Waals surface area contributed by atoms with Gasteiger partial charge in [-0.25, -0.2) is 9.37 Å². The Morgan fingerprint density at radius 1 is 1.26 bits per heavy atom. The number of nitrogens with zero attached hydrogens (tertiary/aromatic N) is 2. The molecule has 19 heavy (non-hydrogen) atoms. The largest absolute Gasteiger partial charge is 0.473 e. The van der Waals surface area contributed by atoms with Crippen LogP contribution in [0, 0.1) is 5.82 Å². The van der Waals surface area contributed by atoms with Crippen molar-refractivity contribution >= 4 is 11.6 Å². The lowest BCUT2D eigenvalue weighted by atomic mass is 10.2. The fourth-order valence-electron chi connectivity index (χ4n) is 1.51. The molecule has 0 aliphatic carbocycles. The van der Waals surface area contributed by atoms with Crippen LogP contribution in [-0.2, 0) is 6.61 Å². The number of aromatic nitrogens is 2. The summed E-state index contributed by atoms with van der Waals surface area (Å²) in [6.45, 7) is 4.04. The van der Waals surface area contributed by atoms with Crippen LogP contribution in [-0.4, -0.2) is 9.97 Å². The van der Waals surface area contributed by atoms with E-state index in [-0.39, 0.29) is 18.3 Å². The zero-order valence-corrected chi connectivity index (χ0v) is 11.5. The summed E-state index contributed by atoms with van der Waals surface area (Å²) in [6, 6.07) is 7.98. The van der Waals surface area contributed by atoms with E-state index in [4.69, 9.17) is 16.3 Å². The molecule has 0 N–H and O–H groups in total. The van der Waals surface area contributed by atoms with Gasteiger partial charge in [-0.1, -0.05) is 43.6 Å². The van der Waals surface area contributed by atoms with Gasteiger partial charge in [0.05, 0.1) is 0 Å². The van der Waals surface area contributed by atoms with Crippen LogP contribution in [0.2, 0.25) is 5.15 Å². The first-order valence-corrected chi connectivity index (χ1v) is 6.34. The summed E-state index contributed by atoms with van der Waals surface area (Å²) in [7, 11) is 0. The summed E-state index contributed by atoms with van der Waals surface area (Å²) in [5.41, 5.74) is 0.475. The molecule has 3 nitrogen and oxygen atoms in total. The van der Waals surface area contributed by atoms with Crippen molar-refractivity contribution in [2.24, 2.45) is 0 Å². The average Bonchev–Trinajstić information content (AvgIpc) is 2.37. The smallest absolute Gasteiger partial charge is 0.218 e. The number of hydrogen-bond donors (Lipinski definition) is 0. The van der Waals surface area contributed by atoms with E-state index in [2.05, 4.69) is 9.97 Å². The zero-order valence-electron chi connectivity index (χ0n) is 10.7. The molecule has 2 rings (SSSR count). The zero-order chi connectivity index (χ0) is 13.8. The van der Waals surface area contributed by atoms with Crippen LogP contribution in [0.5, 0.6) is 5.88 Å². The van der Waals surface area contributed by atoms with Crippen molar-refractivity contribution in [3.05, 3.63) is 52.7 Å². The van der Waals surface area contributed by atoms with Gasteiger partial charge in [-0.15, -0.1) is 0 Å². The molecule has 1 aromatic carbocycles. The molecule has 1 aromatic heterocycles. The maximum absolute atomic E-state index is 13.4. The third kappa shape index (κ3) is 3.64. The number of hydrogen-bond acceptors (Lipinski definition) is 3. The Labute approximate surface area is 116 Å². The van der Waals surface area contributed by atoms with Gasteiger partial charge in [-0.2, -0.15) is 4.98 Å². The molecule has 0 unspecified atom stereocenters.